The van der Waals surface area contributed by atoms with E-state index in [1.165, 1.54) is 25.3 Å². The second kappa shape index (κ2) is 5.11. The minimum atomic E-state index is -1.47. The van der Waals surface area contributed by atoms with Crippen molar-refractivity contribution in [2.24, 2.45) is 5.73 Å². The van der Waals surface area contributed by atoms with Crippen LogP contribution in [-0.2, 0) is 19.9 Å². The molecule has 1 unspecified atom stereocenters. The summed E-state index contributed by atoms with van der Waals surface area (Å²) in [6.45, 7) is 0.674. The van der Waals surface area contributed by atoms with Gasteiger partial charge in [-0.25, -0.2) is 14.6 Å². The van der Waals surface area contributed by atoms with Crippen molar-refractivity contribution in [3.8, 4) is 0 Å². The van der Waals surface area contributed by atoms with Crippen molar-refractivity contribution in [1.82, 2.24) is 4.98 Å². The van der Waals surface area contributed by atoms with Gasteiger partial charge in [0.05, 0.1) is 0 Å². The number of carboxylic acid groups (broad SMARTS) is 1. The molecule has 1 heterocycles. The van der Waals surface area contributed by atoms with E-state index < -0.39 is 24.1 Å². The van der Waals surface area contributed by atoms with Crippen LogP contribution in [0.25, 0.3) is 0 Å². The summed E-state index contributed by atoms with van der Waals surface area (Å²) in [6, 6.07) is 2.93. The third-order valence-electron chi connectivity index (χ3n) is 2.08. The van der Waals surface area contributed by atoms with Gasteiger partial charge in [0, 0.05) is 6.20 Å². The zero-order chi connectivity index (χ0) is 13.1. The summed E-state index contributed by atoms with van der Waals surface area (Å²) in [4.78, 5) is 25.6. The highest BCUT2D eigenvalue weighted by Crippen LogP contribution is 2.21. The number of carboxylic acids is 1. The average Bonchev–Trinajstić information content (AvgIpc) is 2.25. The monoisotopic (exact) mass is 258 g/mol. The van der Waals surface area contributed by atoms with Crippen molar-refractivity contribution in [2.45, 2.75) is 12.5 Å². The molecule has 0 spiro atoms. The van der Waals surface area contributed by atoms with Gasteiger partial charge in [-0.05, 0) is 24.6 Å². The molecule has 0 bridgehead atoms. The van der Waals surface area contributed by atoms with Gasteiger partial charge >= 0.3 is 11.9 Å². The SMILES string of the molecule is CC(N)(C(=O)OCC(=O)O)c1ccnc(Cl)c1. The molecule has 0 saturated carbocycles. The quantitative estimate of drug-likeness (QED) is 0.603. The lowest BCUT2D eigenvalue weighted by Crippen LogP contribution is -2.43. The van der Waals surface area contributed by atoms with Gasteiger partial charge in [0.25, 0.3) is 0 Å². The van der Waals surface area contributed by atoms with E-state index in [0.29, 0.717) is 5.56 Å². The summed E-state index contributed by atoms with van der Waals surface area (Å²) >= 11 is 5.67. The summed E-state index contributed by atoms with van der Waals surface area (Å²) in [7, 11) is 0. The van der Waals surface area contributed by atoms with Crippen LogP contribution >= 0.6 is 11.6 Å². The van der Waals surface area contributed by atoms with Crippen molar-refractivity contribution < 1.29 is 19.4 Å². The standard InChI is InChI=1S/C10H11ClN2O4/c1-10(12,9(16)17-5-8(14)15)6-2-3-13-7(11)4-6/h2-4H,5,12H2,1H3,(H,14,15). The highest BCUT2D eigenvalue weighted by molar-refractivity contribution is 6.29. The van der Waals surface area contributed by atoms with Crippen LogP contribution in [0.3, 0.4) is 0 Å². The second-order valence-electron chi connectivity index (χ2n) is 3.54. The summed E-state index contributed by atoms with van der Waals surface area (Å²) in [5.74, 6) is -2.09. The maximum atomic E-state index is 11.6. The van der Waals surface area contributed by atoms with E-state index in [1.807, 2.05) is 0 Å². The molecule has 17 heavy (non-hydrogen) atoms. The molecule has 0 aromatic carbocycles. The Hall–Kier alpha value is -1.66. The first-order valence-corrected chi connectivity index (χ1v) is 5.01. The number of carbonyl (C=O) groups excluding carboxylic acids is 1. The molecular weight excluding hydrogens is 248 g/mol. The fraction of sp³-hybridized carbons (Fsp3) is 0.300. The smallest absolute Gasteiger partial charge is 0.341 e. The van der Waals surface area contributed by atoms with E-state index in [0.717, 1.165) is 0 Å². The third-order valence-corrected chi connectivity index (χ3v) is 2.28. The van der Waals surface area contributed by atoms with Crippen LogP contribution in [0.4, 0.5) is 0 Å². The molecule has 0 fully saturated rings. The van der Waals surface area contributed by atoms with Crippen LogP contribution in [0.2, 0.25) is 5.15 Å². The number of esters is 1. The molecule has 1 aromatic heterocycles. The van der Waals surface area contributed by atoms with Gasteiger partial charge in [-0.1, -0.05) is 11.6 Å². The van der Waals surface area contributed by atoms with Gasteiger partial charge in [0.15, 0.2) is 6.61 Å². The number of carbonyl (C=O) groups is 2. The number of nitrogens with zero attached hydrogens (tertiary/aromatic N) is 1. The fourth-order valence-corrected chi connectivity index (χ4v) is 1.29. The van der Waals surface area contributed by atoms with E-state index in [1.54, 1.807) is 0 Å². The summed E-state index contributed by atoms with van der Waals surface area (Å²) < 4.78 is 4.54. The summed E-state index contributed by atoms with van der Waals surface area (Å²) in [6.07, 6.45) is 1.40. The predicted octanol–water partition coefficient (Wildman–Crippen LogP) is 0.537. The molecule has 0 radical (unpaired) electrons. The highest BCUT2D eigenvalue weighted by atomic mass is 35.5. The fourth-order valence-electron chi connectivity index (χ4n) is 1.12. The number of aromatic nitrogens is 1. The van der Waals surface area contributed by atoms with Crippen LogP contribution < -0.4 is 5.73 Å². The largest absolute Gasteiger partial charge is 0.479 e. The van der Waals surface area contributed by atoms with Crippen molar-refractivity contribution in [3.05, 3.63) is 29.0 Å². The van der Waals surface area contributed by atoms with Crippen LogP contribution in [0.1, 0.15) is 12.5 Å². The molecule has 92 valence electrons. The van der Waals surface area contributed by atoms with Crippen LogP contribution in [-0.4, -0.2) is 28.6 Å². The number of aliphatic carboxylic acids is 1. The first-order valence-electron chi connectivity index (χ1n) is 4.64. The molecule has 1 rings (SSSR count). The molecule has 1 atom stereocenters. The zero-order valence-corrected chi connectivity index (χ0v) is 9.77. The molecule has 0 aliphatic heterocycles. The van der Waals surface area contributed by atoms with Crippen molar-refractivity contribution in [3.63, 3.8) is 0 Å². The molecule has 1 aromatic rings. The minimum Gasteiger partial charge on any atom is -0.479 e. The van der Waals surface area contributed by atoms with E-state index in [-0.39, 0.29) is 5.15 Å². The van der Waals surface area contributed by atoms with Gasteiger partial charge < -0.3 is 15.6 Å². The van der Waals surface area contributed by atoms with E-state index in [9.17, 15) is 9.59 Å². The normalized spacial score (nSPS) is 13.8. The number of nitrogens with two attached hydrogens (primary N) is 1. The van der Waals surface area contributed by atoms with Gasteiger partial charge in [-0.2, -0.15) is 0 Å². The number of halogens is 1. The molecule has 0 amide bonds. The molecule has 0 aliphatic rings. The number of ether oxygens (including phenoxy) is 1. The maximum absolute atomic E-state index is 11.6. The Morgan fingerprint density at radius 1 is 1.65 bits per heavy atom. The number of rotatable bonds is 4. The maximum Gasteiger partial charge on any atom is 0.341 e. The molecular formula is C10H11ClN2O4. The predicted molar refractivity (Wildman–Crippen MR) is 59.4 cm³/mol. The average molecular weight is 259 g/mol. The van der Waals surface area contributed by atoms with Crippen LogP contribution in [0.15, 0.2) is 18.3 Å². The van der Waals surface area contributed by atoms with Gasteiger partial charge in [0.2, 0.25) is 0 Å². The van der Waals surface area contributed by atoms with Gasteiger partial charge in [-0.15, -0.1) is 0 Å². The highest BCUT2D eigenvalue weighted by Gasteiger charge is 2.33. The van der Waals surface area contributed by atoms with E-state index in [4.69, 9.17) is 22.4 Å². The molecule has 7 heteroatoms. The first kappa shape index (κ1) is 13.4. The number of pyridine rings is 1. The van der Waals surface area contributed by atoms with Crippen molar-refractivity contribution >= 4 is 23.5 Å². The lowest BCUT2D eigenvalue weighted by molar-refractivity contribution is -0.159. The van der Waals surface area contributed by atoms with Crippen LogP contribution in [0.5, 0.6) is 0 Å². The molecule has 0 aliphatic carbocycles. The Kier molecular flexibility index (Phi) is 4.03. The minimum absolute atomic E-state index is 0.185. The molecule has 0 saturated heterocycles. The Balaban J connectivity index is 2.86. The van der Waals surface area contributed by atoms with Gasteiger partial charge in [0.1, 0.15) is 10.7 Å². The Bertz CT molecular complexity index is 448. The number of hydrogen-bond acceptors (Lipinski definition) is 5. The summed E-state index contributed by atoms with van der Waals surface area (Å²) in [5, 5.41) is 8.58. The second-order valence-corrected chi connectivity index (χ2v) is 3.93. The zero-order valence-electron chi connectivity index (χ0n) is 9.01. The lowest BCUT2D eigenvalue weighted by Gasteiger charge is -2.22. The molecule has 3 N–H and O–H groups in total. The lowest BCUT2D eigenvalue weighted by atomic mass is 9.94. The third kappa shape index (κ3) is 3.40. The first-order chi connectivity index (χ1) is 7.84. The topological polar surface area (TPSA) is 103 Å². The van der Waals surface area contributed by atoms with E-state index in [2.05, 4.69) is 9.72 Å². The molecule has 6 nitrogen and oxygen atoms in total. The Morgan fingerprint density at radius 2 is 2.29 bits per heavy atom. The summed E-state index contributed by atoms with van der Waals surface area (Å²) in [5.41, 5.74) is 4.71. The Labute approximate surface area is 102 Å². The van der Waals surface area contributed by atoms with Crippen molar-refractivity contribution in [2.75, 3.05) is 6.61 Å². The van der Waals surface area contributed by atoms with Crippen molar-refractivity contribution in [1.29, 1.82) is 0 Å². The van der Waals surface area contributed by atoms with Crippen LogP contribution in [0, 0.1) is 0 Å². The van der Waals surface area contributed by atoms with Gasteiger partial charge in [-0.3, -0.25) is 0 Å². The Morgan fingerprint density at radius 3 is 2.82 bits per heavy atom. The number of hydrogen-bond donors (Lipinski definition) is 2. The van der Waals surface area contributed by atoms with E-state index >= 15 is 0 Å².